The Labute approximate surface area is 158 Å². The molecule has 0 amide bonds. The summed E-state index contributed by atoms with van der Waals surface area (Å²) in [6, 6.07) is 3.70. The molecule has 1 atom stereocenters. The van der Waals surface area contributed by atoms with Crippen molar-refractivity contribution in [3.05, 3.63) is 35.5 Å². The van der Waals surface area contributed by atoms with Crippen molar-refractivity contribution in [2.75, 3.05) is 31.1 Å². The fourth-order valence-corrected chi connectivity index (χ4v) is 7.42. The third-order valence-corrected chi connectivity index (χ3v) is 9.02. The highest BCUT2D eigenvalue weighted by molar-refractivity contribution is 7.91. The number of hydrogen-bond acceptors (Lipinski definition) is 6. The molecule has 2 aliphatic rings. The summed E-state index contributed by atoms with van der Waals surface area (Å²) in [7, 11) is -3.40. The van der Waals surface area contributed by atoms with Gasteiger partial charge in [-0.1, -0.05) is 0 Å². The van der Waals surface area contributed by atoms with Gasteiger partial charge >= 0.3 is 0 Å². The molecule has 0 aromatic carbocycles. The molecule has 6 nitrogen and oxygen atoms in total. The van der Waals surface area contributed by atoms with Crippen LogP contribution in [0.5, 0.6) is 0 Å². The first-order valence-electron chi connectivity index (χ1n) is 9.06. The van der Waals surface area contributed by atoms with Gasteiger partial charge in [0.15, 0.2) is 0 Å². The normalized spacial score (nSPS) is 24.9. The number of aryl methyl sites for hydroxylation is 1. The lowest BCUT2D eigenvalue weighted by molar-refractivity contribution is 0.122. The van der Waals surface area contributed by atoms with Crippen molar-refractivity contribution in [1.29, 1.82) is 0 Å². The summed E-state index contributed by atoms with van der Waals surface area (Å²) in [4.78, 5) is 11.0. The Hall–Kier alpha value is -1.51. The molecule has 2 aliphatic heterocycles. The quantitative estimate of drug-likeness (QED) is 0.803. The van der Waals surface area contributed by atoms with E-state index < -0.39 is 10.0 Å². The molecule has 1 unspecified atom stereocenters. The molecule has 0 N–H and O–H groups in total. The molecule has 1 spiro atoms. The molecule has 0 bridgehead atoms. The van der Waals surface area contributed by atoms with Crippen molar-refractivity contribution in [2.24, 2.45) is 5.41 Å². The van der Waals surface area contributed by atoms with Gasteiger partial charge in [0.25, 0.3) is 10.0 Å². The largest absolute Gasteiger partial charge is 0.340 e. The molecule has 8 heteroatoms. The minimum absolute atomic E-state index is 0.00602. The van der Waals surface area contributed by atoms with E-state index in [4.69, 9.17) is 0 Å². The van der Waals surface area contributed by atoms with Crippen LogP contribution in [0.1, 0.15) is 31.2 Å². The Morgan fingerprint density at radius 2 is 1.85 bits per heavy atom. The number of nitrogens with zero attached hydrogens (tertiary/aromatic N) is 4. The van der Waals surface area contributed by atoms with Crippen LogP contribution in [0.3, 0.4) is 0 Å². The van der Waals surface area contributed by atoms with E-state index in [1.807, 2.05) is 24.4 Å². The Kier molecular flexibility index (Phi) is 4.75. The predicted molar refractivity (Wildman–Crippen MR) is 103 cm³/mol. The van der Waals surface area contributed by atoms with E-state index in [1.54, 1.807) is 16.7 Å². The standard InChI is InChI=1S/C18H24N4O2S2/c1-15-5-12-25-16(15)26(23,24)22-11-3-7-18(14-22)6-2-10-21(13-18)17-19-8-4-9-20-17/h4-5,8-9,12H,2-3,6-7,10-11,13-14H2,1H3. The first-order valence-corrected chi connectivity index (χ1v) is 11.4. The van der Waals surface area contributed by atoms with E-state index in [1.165, 1.54) is 11.3 Å². The van der Waals surface area contributed by atoms with Gasteiger partial charge in [-0.2, -0.15) is 4.31 Å². The van der Waals surface area contributed by atoms with Crippen LogP contribution in [-0.4, -0.2) is 48.9 Å². The van der Waals surface area contributed by atoms with E-state index in [2.05, 4.69) is 14.9 Å². The lowest BCUT2D eigenvalue weighted by Crippen LogP contribution is -2.54. The molecular weight excluding hydrogens is 368 g/mol. The molecule has 2 aromatic heterocycles. The SMILES string of the molecule is Cc1ccsc1S(=O)(=O)N1CCCC2(CCCN(c3ncccn3)C2)C1. The van der Waals surface area contributed by atoms with Gasteiger partial charge in [0.05, 0.1) is 0 Å². The number of piperidine rings is 2. The molecule has 2 saturated heterocycles. The third-order valence-electron chi connectivity index (χ3n) is 5.51. The molecule has 2 fully saturated rings. The minimum atomic E-state index is -3.40. The Morgan fingerprint density at radius 1 is 1.12 bits per heavy atom. The molecule has 4 rings (SSSR count). The summed E-state index contributed by atoms with van der Waals surface area (Å²) in [5.41, 5.74) is 0.839. The lowest BCUT2D eigenvalue weighted by atomic mass is 9.74. The van der Waals surface area contributed by atoms with Crippen molar-refractivity contribution in [3.8, 4) is 0 Å². The van der Waals surface area contributed by atoms with Crippen molar-refractivity contribution in [2.45, 2.75) is 36.8 Å². The molecule has 0 saturated carbocycles. The number of rotatable bonds is 3. The molecule has 2 aromatic rings. The number of thiophene rings is 1. The lowest BCUT2D eigenvalue weighted by Gasteiger charge is -2.47. The average molecular weight is 393 g/mol. The molecule has 26 heavy (non-hydrogen) atoms. The molecule has 4 heterocycles. The summed E-state index contributed by atoms with van der Waals surface area (Å²) in [6.45, 7) is 4.84. The van der Waals surface area contributed by atoms with Crippen LogP contribution < -0.4 is 4.90 Å². The van der Waals surface area contributed by atoms with Gasteiger partial charge < -0.3 is 4.90 Å². The summed E-state index contributed by atoms with van der Waals surface area (Å²) in [5.74, 6) is 0.751. The summed E-state index contributed by atoms with van der Waals surface area (Å²) < 4.78 is 28.5. The second-order valence-corrected chi connectivity index (χ2v) is 10.5. The highest BCUT2D eigenvalue weighted by Crippen LogP contribution is 2.41. The Bertz CT molecular complexity index is 864. The van der Waals surface area contributed by atoms with Gasteiger partial charge in [-0.25, -0.2) is 18.4 Å². The fraction of sp³-hybridized carbons (Fsp3) is 0.556. The number of anilines is 1. The number of sulfonamides is 1. The van der Waals surface area contributed by atoms with E-state index in [9.17, 15) is 8.42 Å². The predicted octanol–water partition coefficient (Wildman–Crippen LogP) is 2.92. The van der Waals surface area contributed by atoms with Gasteiger partial charge in [0.2, 0.25) is 5.95 Å². The Morgan fingerprint density at radius 3 is 2.54 bits per heavy atom. The zero-order valence-electron chi connectivity index (χ0n) is 15.0. The van der Waals surface area contributed by atoms with Gasteiger partial charge in [-0.3, -0.25) is 0 Å². The second-order valence-electron chi connectivity index (χ2n) is 7.41. The van der Waals surface area contributed by atoms with Gasteiger partial charge in [-0.15, -0.1) is 11.3 Å². The first-order chi connectivity index (χ1) is 12.5. The maximum Gasteiger partial charge on any atom is 0.252 e. The van der Waals surface area contributed by atoms with Crippen LogP contribution >= 0.6 is 11.3 Å². The van der Waals surface area contributed by atoms with Crippen molar-refractivity contribution in [3.63, 3.8) is 0 Å². The van der Waals surface area contributed by atoms with Crippen LogP contribution in [0.15, 0.2) is 34.1 Å². The van der Waals surface area contributed by atoms with E-state index in [-0.39, 0.29) is 5.41 Å². The Balaban J connectivity index is 1.57. The zero-order chi connectivity index (χ0) is 18.2. The summed E-state index contributed by atoms with van der Waals surface area (Å²) in [6.07, 6.45) is 7.61. The highest BCUT2D eigenvalue weighted by Gasteiger charge is 2.43. The van der Waals surface area contributed by atoms with Crippen LogP contribution in [0.2, 0.25) is 0 Å². The highest BCUT2D eigenvalue weighted by atomic mass is 32.2. The van der Waals surface area contributed by atoms with E-state index >= 15 is 0 Å². The molecular formula is C18H24N4O2S2. The topological polar surface area (TPSA) is 66.4 Å². The minimum Gasteiger partial charge on any atom is -0.340 e. The third kappa shape index (κ3) is 3.25. The van der Waals surface area contributed by atoms with E-state index in [0.29, 0.717) is 17.3 Å². The zero-order valence-corrected chi connectivity index (χ0v) is 16.6. The molecule has 140 valence electrons. The van der Waals surface area contributed by atoms with Crippen molar-refractivity contribution in [1.82, 2.24) is 14.3 Å². The molecule has 0 radical (unpaired) electrons. The summed E-state index contributed by atoms with van der Waals surface area (Å²) >= 11 is 1.32. The first kappa shape index (κ1) is 17.9. The van der Waals surface area contributed by atoms with Crippen LogP contribution in [0, 0.1) is 12.3 Å². The van der Waals surface area contributed by atoms with Gasteiger partial charge in [0.1, 0.15) is 4.21 Å². The van der Waals surface area contributed by atoms with Crippen LogP contribution in [-0.2, 0) is 10.0 Å². The van der Waals surface area contributed by atoms with Gasteiger partial charge in [0, 0.05) is 44.0 Å². The average Bonchev–Trinajstić information content (AvgIpc) is 3.09. The monoisotopic (exact) mass is 392 g/mol. The maximum atomic E-state index is 13.1. The van der Waals surface area contributed by atoms with Crippen molar-refractivity contribution < 1.29 is 8.42 Å². The van der Waals surface area contributed by atoms with Gasteiger partial charge in [-0.05, 0) is 55.7 Å². The van der Waals surface area contributed by atoms with Crippen molar-refractivity contribution >= 4 is 27.3 Å². The second kappa shape index (κ2) is 6.90. The fourth-order valence-electron chi connectivity index (χ4n) is 4.27. The number of hydrogen-bond donors (Lipinski definition) is 0. The summed E-state index contributed by atoms with van der Waals surface area (Å²) in [5, 5.41) is 1.86. The van der Waals surface area contributed by atoms with E-state index in [0.717, 1.165) is 50.3 Å². The smallest absolute Gasteiger partial charge is 0.252 e. The number of aromatic nitrogens is 2. The molecule has 0 aliphatic carbocycles. The maximum absolute atomic E-state index is 13.1. The van der Waals surface area contributed by atoms with Crippen LogP contribution in [0.25, 0.3) is 0 Å². The van der Waals surface area contributed by atoms with Crippen LogP contribution in [0.4, 0.5) is 5.95 Å².